The predicted octanol–water partition coefficient (Wildman–Crippen LogP) is 4.55. The van der Waals surface area contributed by atoms with E-state index in [4.69, 9.17) is 17.3 Å². The highest BCUT2D eigenvalue weighted by Crippen LogP contribution is 2.26. The molecule has 3 aromatic rings. The SMILES string of the molecule is NCc1cn(CCSc2ccccc2)c2cc(Cl)ccc12. The maximum atomic E-state index is 6.12. The van der Waals surface area contributed by atoms with Crippen LogP contribution in [0.3, 0.4) is 0 Å². The summed E-state index contributed by atoms with van der Waals surface area (Å²) in [6, 6.07) is 16.5. The molecular formula is C17H17ClN2S. The fourth-order valence-electron chi connectivity index (χ4n) is 2.47. The van der Waals surface area contributed by atoms with E-state index in [0.29, 0.717) is 6.54 Å². The molecule has 0 saturated heterocycles. The number of hydrogen-bond acceptors (Lipinski definition) is 2. The zero-order chi connectivity index (χ0) is 14.7. The summed E-state index contributed by atoms with van der Waals surface area (Å²) in [6.07, 6.45) is 2.15. The van der Waals surface area contributed by atoms with E-state index in [1.165, 1.54) is 15.8 Å². The van der Waals surface area contributed by atoms with Crippen molar-refractivity contribution in [3.63, 3.8) is 0 Å². The molecule has 21 heavy (non-hydrogen) atoms. The summed E-state index contributed by atoms with van der Waals surface area (Å²) in [5, 5.41) is 1.97. The summed E-state index contributed by atoms with van der Waals surface area (Å²) in [5.41, 5.74) is 8.17. The van der Waals surface area contributed by atoms with Crippen LogP contribution < -0.4 is 5.73 Å². The zero-order valence-electron chi connectivity index (χ0n) is 11.6. The van der Waals surface area contributed by atoms with E-state index in [2.05, 4.69) is 41.1 Å². The molecule has 0 aliphatic rings. The smallest absolute Gasteiger partial charge is 0.0498 e. The van der Waals surface area contributed by atoms with Crippen molar-refractivity contribution in [2.75, 3.05) is 5.75 Å². The summed E-state index contributed by atoms with van der Waals surface area (Å²) in [5.74, 6) is 1.02. The number of halogens is 1. The highest BCUT2D eigenvalue weighted by atomic mass is 35.5. The van der Waals surface area contributed by atoms with Gasteiger partial charge in [-0.2, -0.15) is 0 Å². The first-order valence-corrected chi connectivity index (χ1v) is 8.29. The molecule has 108 valence electrons. The second-order valence-corrected chi connectivity index (χ2v) is 6.48. The second kappa shape index (κ2) is 6.56. The number of hydrogen-bond donors (Lipinski definition) is 1. The topological polar surface area (TPSA) is 30.9 Å². The summed E-state index contributed by atoms with van der Waals surface area (Å²) in [7, 11) is 0. The molecule has 0 aliphatic carbocycles. The zero-order valence-corrected chi connectivity index (χ0v) is 13.2. The van der Waals surface area contributed by atoms with Crippen LogP contribution in [0.25, 0.3) is 10.9 Å². The lowest BCUT2D eigenvalue weighted by atomic mass is 10.2. The summed E-state index contributed by atoms with van der Waals surface area (Å²) >= 11 is 7.98. The van der Waals surface area contributed by atoms with Crippen LogP contribution in [0, 0.1) is 0 Å². The third kappa shape index (κ3) is 3.26. The minimum atomic E-state index is 0.553. The molecule has 0 unspecified atom stereocenters. The van der Waals surface area contributed by atoms with Crippen molar-refractivity contribution >= 4 is 34.3 Å². The van der Waals surface area contributed by atoms with Crippen LogP contribution in [0.5, 0.6) is 0 Å². The van der Waals surface area contributed by atoms with Crippen LogP contribution in [0.15, 0.2) is 59.6 Å². The van der Waals surface area contributed by atoms with Crippen LogP contribution in [0.4, 0.5) is 0 Å². The van der Waals surface area contributed by atoms with E-state index in [-0.39, 0.29) is 0 Å². The van der Waals surface area contributed by atoms with Crippen LogP contribution in [0.1, 0.15) is 5.56 Å². The van der Waals surface area contributed by atoms with Crippen molar-refractivity contribution in [3.8, 4) is 0 Å². The van der Waals surface area contributed by atoms with E-state index in [1.54, 1.807) is 0 Å². The van der Waals surface area contributed by atoms with Gasteiger partial charge < -0.3 is 10.3 Å². The third-order valence-electron chi connectivity index (χ3n) is 3.49. The first-order valence-electron chi connectivity index (χ1n) is 6.93. The van der Waals surface area contributed by atoms with Gasteiger partial charge in [0.1, 0.15) is 0 Å². The van der Waals surface area contributed by atoms with Crippen molar-refractivity contribution in [1.82, 2.24) is 4.57 Å². The fourth-order valence-corrected chi connectivity index (χ4v) is 3.51. The second-order valence-electron chi connectivity index (χ2n) is 4.87. The molecule has 3 rings (SSSR count). The first kappa shape index (κ1) is 14.5. The van der Waals surface area contributed by atoms with E-state index in [9.17, 15) is 0 Å². The molecule has 2 aromatic carbocycles. The van der Waals surface area contributed by atoms with Crippen molar-refractivity contribution < 1.29 is 0 Å². The Hall–Kier alpha value is -1.42. The van der Waals surface area contributed by atoms with Gasteiger partial charge in [0.2, 0.25) is 0 Å². The minimum absolute atomic E-state index is 0.553. The quantitative estimate of drug-likeness (QED) is 0.700. The van der Waals surface area contributed by atoms with Crippen molar-refractivity contribution in [2.45, 2.75) is 18.0 Å². The monoisotopic (exact) mass is 316 g/mol. The summed E-state index contributed by atoms with van der Waals surface area (Å²) < 4.78 is 2.25. The molecular weight excluding hydrogens is 300 g/mol. The minimum Gasteiger partial charge on any atom is -0.346 e. The highest BCUT2D eigenvalue weighted by Gasteiger charge is 2.08. The number of nitrogens with two attached hydrogens (primary N) is 1. The van der Waals surface area contributed by atoms with Gasteiger partial charge in [0.05, 0.1) is 0 Å². The standard InChI is InChI=1S/C17H17ClN2S/c18-14-6-7-16-13(11-19)12-20(17(16)10-14)8-9-21-15-4-2-1-3-5-15/h1-7,10,12H,8-9,11,19H2. The fraction of sp³-hybridized carbons (Fsp3) is 0.176. The van der Waals surface area contributed by atoms with E-state index >= 15 is 0 Å². The molecule has 0 atom stereocenters. The van der Waals surface area contributed by atoms with E-state index in [0.717, 1.165) is 22.8 Å². The van der Waals surface area contributed by atoms with Gasteiger partial charge in [-0.25, -0.2) is 0 Å². The molecule has 0 saturated carbocycles. The maximum absolute atomic E-state index is 6.12. The Kier molecular flexibility index (Phi) is 4.54. The van der Waals surface area contributed by atoms with Gasteiger partial charge in [0.25, 0.3) is 0 Å². The Balaban J connectivity index is 1.79. The van der Waals surface area contributed by atoms with Gasteiger partial charge in [-0.05, 0) is 29.8 Å². The average Bonchev–Trinajstić information content (AvgIpc) is 2.86. The number of rotatable bonds is 5. The normalized spacial score (nSPS) is 11.1. The summed E-state index contributed by atoms with van der Waals surface area (Å²) in [6.45, 7) is 1.49. The number of fused-ring (bicyclic) bond motifs is 1. The van der Waals surface area contributed by atoms with Crippen LogP contribution in [-0.4, -0.2) is 10.3 Å². The molecule has 0 spiro atoms. The maximum Gasteiger partial charge on any atom is 0.0498 e. The molecule has 0 radical (unpaired) electrons. The molecule has 0 amide bonds. The number of thioether (sulfide) groups is 1. The first-order chi connectivity index (χ1) is 10.3. The van der Waals surface area contributed by atoms with Crippen LogP contribution in [0.2, 0.25) is 5.02 Å². The van der Waals surface area contributed by atoms with Crippen LogP contribution >= 0.6 is 23.4 Å². The van der Waals surface area contributed by atoms with Crippen LogP contribution in [-0.2, 0) is 13.1 Å². The molecule has 0 fully saturated rings. The Labute approximate surface area is 133 Å². The van der Waals surface area contributed by atoms with Gasteiger partial charge in [-0.1, -0.05) is 35.9 Å². The average molecular weight is 317 g/mol. The lowest BCUT2D eigenvalue weighted by Gasteiger charge is -2.05. The number of nitrogens with zero attached hydrogens (tertiary/aromatic N) is 1. The van der Waals surface area contributed by atoms with E-state index < -0.39 is 0 Å². The molecule has 0 bridgehead atoms. The van der Waals surface area contributed by atoms with Gasteiger partial charge in [-0.15, -0.1) is 11.8 Å². The predicted molar refractivity (Wildman–Crippen MR) is 92.0 cm³/mol. The van der Waals surface area contributed by atoms with Crippen molar-refractivity contribution in [1.29, 1.82) is 0 Å². The third-order valence-corrected chi connectivity index (χ3v) is 4.72. The van der Waals surface area contributed by atoms with Gasteiger partial charge in [-0.3, -0.25) is 0 Å². The van der Waals surface area contributed by atoms with Crippen molar-refractivity contribution in [2.24, 2.45) is 5.73 Å². The Morgan fingerprint density at radius 3 is 2.67 bits per heavy atom. The van der Waals surface area contributed by atoms with Gasteiger partial charge >= 0.3 is 0 Å². The number of aryl methyl sites for hydroxylation is 1. The Morgan fingerprint density at radius 2 is 1.90 bits per heavy atom. The molecule has 2 nitrogen and oxygen atoms in total. The lowest BCUT2D eigenvalue weighted by Crippen LogP contribution is -1.99. The molecule has 2 N–H and O–H groups in total. The largest absolute Gasteiger partial charge is 0.346 e. The highest BCUT2D eigenvalue weighted by molar-refractivity contribution is 7.99. The van der Waals surface area contributed by atoms with Crippen molar-refractivity contribution in [3.05, 3.63) is 65.3 Å². The van der Waals surface area contributed by atoms with E-state index in [1.807, 2.05) is 30.0 Å². The number of aromatic nitrogens is 1. The molecule has 1 heterocycles. The molecule has 1 aromatic heterocycles. The van der Waals surface area contributed by atoms with Gasteiger partial charge in [0, 0.05) is 45.9 Å². The molecule has 4 heteroatoms. The number of benzene rings is 2. The van der Waals surface area contributed by atoms with Gasteiger partial charge in [0.15, 0.2) is 0 Å². The lowest BCUT2D eigenvalue weighted by molar-refractivity contribution is 0.801. The summed E-state index contributed by atoms with van der Waals surface area (Å²) in [4.78, 5) is 1.30. The Bertz CT molecular complexity index is 737. The molecule has 0 aliphatic heterocycles. The Morgan fingerprint density at radius 1 is 1.10 bits per heavy atom.